The molecule has 3 rings (SSSR count). The first-order valence-corrected chi connectivity index (χ1v) is 10.6. The van der Waals surface area contributed by atoms with Gasteiger partial charge in [-0.3, -0.25) is 14.5 Å². The summed E-state index contributed by atoms with van der Waals surface area (Å²) in [6.07, 6.45) is 2.23. The molecule has 0 aliphatic carbocycles. The predicted molar refractivity (Wildman–Crippen MR) is 114 cm³/mol. The van der Waals surface area contributed by atoms with E-state index in [0.29, 0.717) is 37.0 Å². The fraction of sp³-hybridized carbons (Fsp3) is 0.545. The van der Waals surface area contributed by atoms with E-state index in [0.717, 1.165) is 37.3 Å². The molecule has 2 saturated heterocycles. The van der Waals surface area contributed by atoms with Crippen molar-refractivity contribution in [3.05, 3.63) is 40.9 Å². The van der Waals surface area contributed by atoms with Crippen LogP contribution >= 0.6 is 11.6 Å². The van der Waals surface area contributed by atoms with E-state index in [1.165, 1.54) is 6.08 Å². The van der Waals surface area contributed by atoms with Gasteiger partial charge < -0.3 is 14.9 Å². The molecule has 7 heteroatoms. The van der Waals surface area contributed by atoms with Crippen molar-refractivity contribution >= 4 is 23.4 Å². The zero-order valence-corrected chi connectivity index (χ0v) is 18.0. The lowest BCUT2D eigenvalue weighted by atomic mass is 9.98. The summed E-state index contributed by atoms with van der Waals surface area (Å²) < 4.78 is 0. The molecule has 0 atom stereocenters. The number of amides is 2. The molecule has 0 spiro atoms. The molecular weight excluding hydrogens is 390 g/mol. The SMILES string of the molecule is C=CC(=O)N1CC(N2CCN(C(=O)CCc3cc(C(C)C)c(Cl)cc3O)CC2)C1. The van der Waals surface area contributed by atoms with Crippen LogP contribution in [0.4, 0.5) is 0 Å². The van der Waals surface area contributed by atoms with E-state index in [9.17, 15) is 14.7 Å². The number of nitrogens with zero attached hydrogens (tertiary/aromatic N) is 3. The Kier molecular flexibility index (Phi) is 6.85. The number of aryl methyl sites for hydroxylation is 1. The monoisotopic (exact) mass is 419 g/mol. The average Bonchev–Trinajstić information content (AvgIpc) is 2.66. The standard InChI is InChI=1S/C22H30ClN3O3/c1-4-21(28)26-13-17(14-26)24-7-9-25(10-8-24)22(29)6-5-16-11-18(15(2)3)19(23)12-20(16)27/h4,11-12,15,17,27H,1,5-10,13-14H2,2-3H3. The fourth-order valence-electron chi connectivity index (χ4n) is 4.00. The Morgan fingerprint density at radius 1 is 1.21 bits per heavy atom. The summed E-state index contributed by atoms with van der Waals surface area (Å²) in [7, 11) is 0. The first kappa shape index (κ1) is 21.7. The Hall–Kier alpha value is -2.05. The third-order valence-corrected chi connectivity index (χ3v) is 6.29. The molecule has 0 unspecified atom stereocenters. The summed E-state index contributed by atoms with van der Waals surface area (Å²) in [6, 6.07) is 3.88. The Bertz CT molecular complexity index is 782. The molecule has 0 saturated carbocycles. The number of piperazine rings is 1. The second-order valence-corrected chi connectivity index (χ2v) is 8.58. The summed E-state index contributed by atoms with van der Waals surface area (Å²) in [5.74, 6) is 0.513. The first-order valence-electron chi connectivity index (χ1n) is 10.2. The molecule has 1 aromatic rings. The molecule has 158 valence electrons. The summed E-state index contributed by atoms with van der Waals surface area (Å²) >= 11 is 6.21. The van der Waals surface area contributed by atoms with Crippen LogP contribution in [0.15, 0.2) is 24.8 Å². The van der Waals surface area contributed by atoms with Crippen LogP contribution in [0.5, 0.6) is 5.75 Å². The summed E-state index contributed by atoms with van der Waals surface area (Å²) in [6.45, 7) is 12.2. The molecule has 2 aliphatic heterocycles. The Morgan fingerprint density at radius 2 is 1.86 bits per heavy atom. The predicted octanol–water partition coefficient (Wildman–Crippen LogP) is 2.64. The highest BCUT2D eigenvalue weighted by molar-refractivity contribution is 6.31. The van der Waals surface area contributed by atoms with Gasteiger partial charge in [0.2, 0.25) is 11.8 Å². The normalized spacial score (nSPS) is 18.1. The smallest absolute Gasteiger partial charge is 0.246 e. The number of phenols is 1. The number of carbonyl (C=O) groups is 2. The number of likely N-dealkylation sites (tertiary alicyclic amines) is 1. The number of halogens is 1. The Morgan fingerprint density at radius 3 is 2.45 bits per heavy atom. The number of hydrogen-bond acceptors (Lipinski definition) is 4. The van der Waals surface area contributed by atoms with Crippen molar-refractivity contribution in [2.45, 2.75) is 38.6 Å². The number of rotatable bonds is 6. The molecule has 2 heterocycles. The van der Waals surface area contributed by atoms with Gasteiger partial charge in [-0.05, 0) is 35.6 Å². The number of aromatic hydroxyl groups is 1. The highest BCUT2D eigenvalue weighted by atomic mass is 35.5. The molecule has 2 amide bonds. The summed E-state index contributed by atoms with van der Waals surface area (Å²) in [4.78, 5) is 30.3. The van der Waals surface area contributed by atoms with E-state index in [1.54, 1.807) is 11.0 Å². The summed E-state index contributed by atoms with van der Waals surface area (Å²) in [5.41, 5.74) is 1.76. The summed E-state index contributed by atoms with van der Waals surface area (Å²) in [5, 5.41) is 10.7. The quantitative estimate of drug-likeness (QED) is 0.720. The van der Waals surface area contributed by atoms with Gasteiger partial charge in [0.15, 0.2) is 0 Å². The Balaban J connectivity index is 1.47. The lowest BCUT2D eigenvalue weighted by Crippen LogP contribution is -2.64. The molecule has 2 aliphatic rings. The van der Waals surface area contributed by atoms with Crippen LogP contribution in [0.3, 0.4) is 0 Å². The van der Waals surface area contributed by atoms with Crippen molar-refractivity contribution in [1.29, 1.82) is 0 Å². The van der Waals surface area contributed by atoms with Gasteiger partial charge in [-0.2, -0.15) is 0 Å². The van der Waals surface area contributed by atoms with Crippen LogP contribution in [0.1, 0.15) is 37.3 Å². The van der Waals surface area contributed by atoms with Gasteiger partial charge in [0, 0.05) is 56.8 Å². The van der Waals surface area contributed by atoms with E-state index < -0.39 is 0 Å². The largest absolute Gasteiger partial charge is 0.508 e. The van der Waals surface area contributed by atoms with Crippen LogP contribution in [0.2, 0.25) is 5.02 Å². The third-order valence-electron chi connectivity index (χ3n) is 5.96. The van der Waals surface area contributed by atoms with E-state index in [1.807, 2.05) is 11.0 Å². The number of carbonyl (C=O) groups excluding carboxylic acids is 2. The third kappa shape index (κ3) is 4.93. The molecule has 6 nitrogen and oxygen atoms in total. The van der Waals surface area contributed by atoms with Gasteiger partial charge in [0.05, 0.1) is 0 Å². The maximum absolute atomic E-state index is 12.6. The number of hydrogen-bond donors (Lipinski definition) is 1. The highest BCUT2D eigenvalue weighted by Crippen LogP contribution is 2.31. The number of benzene rings is 1. The van der Waals surface area contributed by atoms with Crippen LogP contribution < -0.4 is 0 Å². The first-order chi connectivity index (χ1) is 13.8. The molecular formula is C22H30ClN3O3. The van der Waals surface area contributed by atoms with Crippen molar-refractivity contribution in [2.75, 3.05) is 39.3 Å². The zero-order valence-electron chi connectivity index (χ0n) is 17.2. The van der Waals surface area contributed by atoms with E-state index in [4.69, 9.17) is 11.6 Å². The van der Waals surface area contributed by atoms with Gasteiger partial charge in [-0.1, -0.05) is 38.1 Å². The average molecular weight is 420 g/mol. The van der Waals surface area contributed by atoms with Crippen molar-refractivity contribution in [3.8, 4) is 5.75 Å². The minimum absolute atomic E-state index is 0.0128. The molecule has 0 radical (unpaired) electrons. The lowest BCUT2D eigenvalue weighted by Gasteiger charge is -2.47. The van der Waals surface area contributed by atoms with Gasteiger partial charge >= 0.3 is 0 Å². The maximum atomic E-state index is 12.6. The fourth-order valence-corrected chi connectivity index (χ4v) is 4.38. The minimum Gasteiger partial charge on any atom is -0.508 e. The van der Waals surface area contributed by atoms with E-state index >= 15 is 0 Å². The van der Waals surface area contributed by atoms with Crippen LogP contribution in [0, 0.1) is 0 Å². The van der Waals surface area contributed by atoms with Crippen molar-refractivity contribution in [1.82, 2.24) is 14.7 Å². The highest BCUT2D eigenvalue weighted by Gasteiger charge is 2.35. The van der Waals surface area contributed by atoms with Crippen molar-refractivity contribution in [3.63, 3.8) is 0 Å². The van der Waals surface area contributed by atoms with Gasteiger partial charge in [0.25, 0.3) is 0 Å². The molecule has 1 N–H and O–H groups in total. The molecule has 29 heavy (non-hydrogen) atoms. The van der Waals surface area contributed by atoms with E-state index in [2.05, 4.69) is 25.3 Å². The van der Waals surface area contributed by atoms with E-state index in [-0.39, 0.29) is 23.5 Å². The topological polar surface area (TPSA) is 64.1 Å². The lowest BCUT2D eigenvalue weighted by molar-refractivity contribution is -0.136. The van der Waals surface area contributed by atoms with Gasteiger partial charge in [-0.25, -0.2) is 0 Å². The Labute approximate surface area is 177 Å². The van der Waals surface area contributed by atoms with Crippen LogP contribution in [0.25, 0.3) is 0 Å². The van der Waals surface area contributed by atoms with Crippen LogP contribution in [-0.4, -0.2) is 76.9 Å². The zero-order chi connectivity index (χ0) is 21.1. The maximum Gasteiger partial charge on any atom is 0.246 e. The second-order valence-electron chi connectivity index (χ2n) is 8.18. The molecule has 0 bridgehead atoms. The van der Waals surface area contributed by atoms with Crippen molar-refractivity contribution in [2.24, 2.45) is 0 Å². The minimum atomic E-state index is -0.0128. The molecule has 0 aromatic heterocycles. The van der Waals surface area contributed by atoms with Crippen molar-refractivity contribution < 1.29 is 14.7 Å². The number of phenolic OH excluding ortho intramolecular Hbond substituents is 1. The van der Waals surface area contributed by atoms with Gasteiger partial charge in [0.1, 0.15) is 5.75 Å². The molecule has 2 fully saturated rings. The van der Waals surface area contributed by atoms with Gasteiger partial charge in [-0.15, -0.1) is 0 Å². The molecule has 1 aromatic carbocycles. The van der Waals surface area contributed by atoms with Crippen LogP contribution in [-0.2, 0) is 16.0 Å². The second kappa shape index (κ2) is 9.18.